The molecule has 1 heterocycles. The fourth-order valence-electron chi connectivity index (χ4n) is 8.61. The Morgan fingerprint density at radius 3 is 1.37 bits per heavy atom. The van der Waals surface area contributed by atoms with Crippen molar-refractivity contribution in [1.82, 2.24) is 4.57 Å². The van der Waals surface area contributed by atoms with Crippen LogP contribution in [-0.2, 0) is 0 Å². The van der Waals surface area contributed by atoms with E-state index in [9.17, 15) is 5.48 Å². The Morgan fingerprint density at radius 1 is 0.306 bits per heavy atom. The van der Waals surface area contributed by atoms with Crippen LogP contribution in [-0.4, -0.2) is 4.57 Å². The van der Waals surface area contributed by atoms with Crippen molar-refractivity contribution in [3.8, 4) is 61.3 Å². The number of hydrogen-bond acceptors (Lipinski definition) is 1. The molecule has 0 bridgehead atoms. The monoisotopic (exact) mass is 794 g/mol. The Bertz CT molecular complexity index is 3510. The van der Waals surface area contributed by atoms with E-state index in [1.54, 1.807) is 0 Å². The standard InChI is InChI=1S/C60H42N2/c1-5-15-43(16-6-1)46-25-33-52(34-26-46)61(59-39-31-50(45-19-9-3-10-20-45)41-56(59)49-21-11-4-12-22-49)53-35-29-48(30-36-53)51-32-40-60-57(42-51)55-23-13-14-24-58(55)62(60)54-37-27-47(28-38-54)44-17-7-2-8-18-44/h1-42H/i29D,30D,35D,36D. The number of rotatable bonds is 9. The molecule has 292 valence electrons. The lowest BCUT2D eigenvalue weighted by Crippen LogP contribution is -2.11. The number of hydrogen-bond donors (Lipinski definition) is 0. The van der Waals surface area contributed by atoms with Gasteiger partial charge in [0, 0.05) is 33.4 Å². The fourth-order valence-corrected chi connectivity index (χ4v) is 8.61. The highest BCUT2D eigenvalue weighted by Crippen LogP contribution is 2.44. The molecule has 62 heavy (non-hydrogen) atoms. The maximum atomic E-state index is 9.83. The molecule has 11 aromatic rings. The fraction of sp³-hybridized carbons (Fsp3) is 0. The molecule has 0 fully saturated rings. The molecule has 0 radical (unpaired) electrons. The zero-order valence-corrected chi connectivity index (χ0v) is 33.8. The van der Waals surface area contributed by atoms with E-state index < -0.39 is 0 Å². The predicted octanol–water partition coefficient (Wildman–Crippen LogP) is 16.6. The number of para-hydroxylation sites is 1. The van der Waals surface area contributed by atoms with Crippen LogP contribution in [0.15, 0.2) is 255 Å². The summed E-state index contributed by atoms with van der Waals surface area (Å²) in [6.45, 7) is 0. The predicted molar refractivity (Wildman–Crippen MR) is 263 cm³/mol. The van der Waals surface area contributed by atoms with E-state index in [0.717, 1.165) is 77.7 Å². The molecule has 0 atom stereocenters. The van der Waals surface area contributed by atoms with Gasteiger partial charge in [-0.3, -0.25) is 0 Å². The molecule has 0 saturated carbocycles. The third-order valence-electron chi connectivity index (χ3n) is 11.7. The first kappa shape index (κ1) is 32.6. The molecule has 0 spiro atoms. The first-order valence-electron chi connectivity index (χ1n) is 22.9. The molecule has 11 rings (SSSR count). The lowest BCUT2D eigenvalue weighted by molar-refractivity contribution is 1.18. The van der Waals surface area contributed by atoms with Gasteiger partial charge in [0.15, 0.2) is 0 Å². The topological polar surface area (TPSA) is 8.17 Å². The summed E-state index contributed by atoms with van der Waals surface area (Å²) in [5.41, 5.74) is 13.8. The van der Waals surface area contributed by atoms with E-state index in [1.165, 1.54) is 0 Å². The van der Waals surface area contributed by atoms with Crippen LogP contribution in [0.1, 0.15) is 5.48 Å². The molecule has 0 N–H and O–H groups in total. The van der Waals surface area contributed by atoms with Crippen LogP contribution in [0.3, 0.4) is 0 Å². The van der Waals surface area contributed by atoms with Crippen molar-refractivity contribution in [3.63, 3.8) is 0 Å². The number of fused-ring (bicyclic) bond motifs is 3. The van der Waals surface area contributed by atoms with Crippen LogP contribution in [0.25, 0.3) is 83.1 Å². The van der Waals surface area contributed by atoms with Gasteiger partial charge in [-0.15, -0.1) is 0 Å². The van der Waals surface area contributed by atoms with Gasteiger partial charge in [0.25, 0.3) is 0 Å². The molecule has 0 saturated heterocycles. The molecular weight excluding hydrogens is 749 g/mol. The van der Waals surface area contributed by atoms with Crippen LogP contribution >= 0.6 is 0 Å². The third kappa shape index (κ3) is 6.94. The van der Waals surface area contributed by atoms with Gasteiger partial charge in [0.1, 0.15) is 0 Å². The van der Waals surface area contributed by atoms with Gasteiger partial charge in [0.2, 0.25) is 0 Å². The Morgan fingerprint density at radius 2 is 0.758 bits per heavy atom. The van der Waals surface area contributed by atoms with Crippen LogP contribution in [0.5, 0.6) is 0 Å². The number of nitrogens with zero attached hydrogens (tertiary/aromatic N) is 2. The minimum Gasteiger partial charge on any atom is -0.310 e. The van der Waals surface area contributed by atoms with Crippen LogP contribution in [0, 0.1) is 0 Å². The second-order valence-corrected chi connectivity index (χ2v) is 15.4. The van der Waals surface area contributed by atoms with Gasteiger partial charge >= 0.3 is 0 Å². The Labute approximate surface area is 368 Å². The number of aromatic nitrogens is 1. The molecule has 2 nitrogen and oxygen atoms in total. The molecule has 0 aliphatic heterocycles. The maximum absolute atomic E-state index is 9.83. The minimum atomic E-state index is -0.134. The van der Waals surface area contributed by atoms with Gasteiger partial charge in [-0.2, -0.15) is 0 Å². The van der Waals surface area contributed by atoms with E-state index in [-0.39, 0.29) is 35.4 Å². The van der Waals surface area contributed by atoms with E-state index in [2.05, 4.69) is 102 Å². The smallest absolute Gasteiger partial charge is 0.0645 e. The average Bonchev–Trinajstić information content (AvgIpc) is 3.72. The van der Waals surface area contributed by atoms with Crippen LogP contribution < -0.4 is 4.90 Å². The lowest BCUT2D eigenvalue weighted by Gasteiger charge is -2.29. The quantitative estimate of drug-likeness (QED) is 0.141. The zero-order chi connectivity index (χ0) is 44.7. The Hall–Kier alpha value is -8.20. The molecule has 10 aromatic carbocycles. The molecule has 0 unspecified atom stereocenters. The molecule has 2 heteroatoms. The van der Waals surface area contributed by atoms with Crippen molar-refractivity contribution in [1.29, 1.82) is 0 Å². The van der Waals surface area contributed by atoms with Gasteiger partial charge in [0.05, 0.1) is 22.2 Å². The van der Waals surface area contributed by atoms with Crippen molar-refractivity contribution in [2.45, 2.75) is 0 Å². The van der Waals surface area contributed by atoms with E-state index in [4.69, 9.17) is 0 Å². The van der Waals surface area contributed by atoms with Crippen molar-refractivity contribution in [2.24, 2.45) is 0 Å². The van der Waals surface area contributed by atoms with Gasteiger partial charge in [-0.25, -0.2) is 0 Å². The second-order valence-electron chi connectivity index (χ2n) is 15.4. The van der Waals surface area contributed by atoms with Gasteiger partial charge in [-0.05, 0) is 117 Å². The maximum Gasteiger partial charge on any atom is 0.0645 e. The summed E-state index contributed by atoms with van der Waals surface area (Å²) in [5.74, 6) is 0. The molecule has 0 amide bonds. The number of anilines is 3. The van der Waals surface area contributed by atoms with E-state index >= 15 is 0 Å². The molecule has 1 aromatic heterocycles. The first-order chi connectivity index (χ1) is 32.4. The van der Waals surface area contributed by atoms with Crippen molar-refractivity contribution < 1.29 is 5.48 Å². The van der Waals surface area contributed by atoms with Gasteiger partial charge in [-0.1, -0.05) is 188 Å². The zero-order valence-electron chi connectivity index (χ0n) is 37.8. The Balaban J connectivity index is 1.08. The summed E-state index contributed by atoms with van der Waals surface area (Å²) in [7, 11) is 0. The van der Waals surface area contributed by atoms with Crippen molar-refractivity contribution in [3.05, 3.63) is 255 Å². The SMILES string of the molecule is [2H]c1c([2H])c(N(c2ccc(-c3ccccc3)cc2)c2ccc(-c3ccccc3)cc2-c2ccccc2)c([2H])c([2H])c1-c1ccc2c(c1)c1ccccc1n2-c1ccc(-c2ccccc2)cc1. The largest absolute Gasteiger partial charge is 0.310 e. The molecule has 0 aliphatic rings. The van der Waals surface area contributed by atoms with Crippen LogP contribution in [0.4, 0.5) is 17.1 Å². The third-order valence-corrected chi connectivity index (χ3v) is 11.7. The summed E-state index contributed by atoms with van der Waals surface area (Å²) in [6, 6.07) is 77.6. The van der Waals surface area contributed by atoms with Gasteiger partial charge < -0.3 is 9.47 Å². The summed E-state index contributed by atoms with van der Waals surface area (Å²) in [6.07, 6.45) is 0. The summed E-state index contributed by atoms with van der Waals surface area (Å²) < 4.78 is 41.4. The van der Waals surface area contributed by atoms with E-state index in [1.807, 2.05) is 138 Å². The summed E-state index contributed by atoms with van der Waals surface area (Å²) >= 11 is 0. The summed E-state index contributed by atoms with van der Waals surface area (Å²) in [4.78, 5) is 1.90. The highest BCUT2D eigenvalue weighted by atomic mass is 15.1. The van der Waals surface area contributed by atoms with Crippen LogP contribution in [0.2, 0.25) is 0 Å². The molecule has 0 aliphatic carbocycles. The first-order valence-corrected chi connectivity index (χ1v) is 20.9. The second kappa shape index (κ2) is 16.1. The molecular formula is C60H42N2. The highest BCUT2D eigenvalue weighted by molar-refractivity contribution is 6.10. The van der Waals surface area contributed by atoms with Crippen molar-refractivity contribution in [2.75, 3.05) is 4.90 Å². The minimum absolute atomic E-state index is 0.112. The van der Waals surface area contributed by atoms with E-state index in [0.29, 0.717) is 11.3 Å². The highest BCUT2D eigenvalue weighted by Gasteiger charge is 2.20. The normalized spacial score (nSPS) is 12.1. The summed E-state index contributed by atoms with van der Waals surface area (Å²) in [5, 5.41) is 1.99. The lowest BCUT2D eigenvalue weighted by atomic mass is 9.96. The van der Waals surface area contributed by atoms with Crippen molar-refractivity contribution >= 4 is 38.9 Å². The number of benzene rings is 10. The Kier molecular flexibility index (Phi) is 8.47. The average molecular weight is 795 g/mol.